The Kier molecular flexibility index (Phi) is 2.52. The lowest BCUT2D eigenvalue weighted by molar-refractivity contribution is 0.112. The number of aryl methyl sites for hydroxylation is 2. The van der Waals surface area contributed by atoms with E-state index in [1.54, 1.807) is 22.7 Å². The fourth-order valence-electron chi connectivity index (χ4n) is 1.24. The number of carbonyl (C=O) groups excluding carboxylic acids is 1. The van der Waals surface area contributed by atoms with Crippen LogP contribution in [-0.4, -0.2) is 6.29 Å². The van der Waals surface area contributed by atoms with Gasteiger partial charge in [-0.25, -0.2) is 0 Å². The summed E-state index contributed by atoms with van der Waals surface area (Å²) < 4.78 is 0. The summed E-state index contributed by atoms with van der Waals surface area (Å²) in [5.41, 5.74) is 1.33. The van der Waals surface area contributed by atoms with Gasteiger partial charge < -0.3 is 0 Å². The van der Waals surface area contributed by atoms with Gasteiger partial charge in [-0.05, 0) is 37.6 Å². The topological polar surface area (TPSA) is 17.1 Å². The summed E-state index contributed by atoms with van der Waals surface area (Å²) in [7, 11) is 0. The van der Waals surface area contributed by atoms with Crippen LogP contribution in [0.2, 0.25) is 0 Å². The number of thiophene rings is 2. The first-order valence-corrected chi connectivity index (χ1v) is 5.96. The lowest BCUT2D eigenvalue weighted by atomic mass is 10.2. The van der Waals surface area contributed by atoms with E-state index in [2.05, 4.69) is 19.9 Å². The van der Waals surface area contributed by atoms with E-state index in [1.165, 1.54) is 20.2 Å². The van der Waals surface area contributed by atoms with Crippen molar-refractivity contribution in [2.24, 2.45) is 0 Å². The van der Waals surface area contributed by atoms with Crippen molar-refractivity contribution in [3.63, 3.8) is 0 Å². The molecule has 2 aromatic rings. The number of hydrogen-bond donors (Lipinski definition) is 0. The fourth-order valence-corrected chi connectivity index (χ4v) is 3.18. The minimum atomic E-state index is 0.795. The van der Waals surface area contributed by atoms with Gasteiger partial charge in [-0.1, -0.05) is 0 Å². The Labute approximate surface area is 91.0 Å². The molecule has 0 saturated heterocycles. The first-order chi connectivity index (χ1) is 6.70. The highest BCUT2D eigenvalue weighted by Crippen LogP contribution is 2.34. The molecule has 0 aliphatic heterocycles. The van der Waals surface area contributed by atoms with Crippen LogP contribution in [0.1, 0.15) is 20.1 Å². The third-order valence-corrected chi connectivity index (χ3v) is 4.51. The maximum Gasteiger partial charge on any atom is 0.160 e. The molecule has 14 heavy (non-hydrogen) atoms. The first-order valence-electron chi connectivity index (χ1n) is 4.33. The molecule has 1 nitrogen and oxygen atoms in total. The highest BCUT2D eigenvalue weighted by molar-refractivity contribution is 7.22. The van der Waals surface area contributed by atoms with Crippen LogP contribution in [0.15, 0.2) is 18.2 Å². The summed E-state index contributed by atoms with van der Waals surface area (Å²) in [6.45, 7) is 4.24. The van der Waals surface area contributed by atoms with E-state index in [0.717, 1.165) is 11.2 Å². The molecule has 2 aromatic heterocycles. The monoisotopic (exact) mass is 222 g/mol. The van der Waals surface area contributed by atoms with Gasteiger partial charge in [0.2, 0.25) is 0 Å². The lowest BCUT2D eigenvalue weighted by Gasteiger charge is -1.86. The van der Waals surface area contributed by atoms with Gasteiger partial charge in [-0.15, -0.1) is 22.7 Å². The molecule has 0 spiro atoms. The second-order valence-corrected chi connectivity index (χ2v) is 5.54. The third kappa shape index (κ3) is 1.65. The summed E-state index contributed by atoms with van der Waals surface area (Å²) >= 11 is 3.34. The second-order valence-electron chi connectivity index (χ2n) is 3.17. The molecular weight excluding hydrogens is 212 g/mol. The molecule has 2 rings (SSSR count). The zero-order valence-corrected chi connectivity index (χ0v) is 9.67. The van der Waals surface area contributed by atoms with Crippen molar-refractivity contribution in [3.05, 3.63) is 33.5 Å². The van der Waals surface area contributed by atoms with E-state index in [1.807, 2.05) is 12.1 Å². The van der Waals surface area contributed by atoms with Gasteiger partial charge in [0.25, 0.3) is 0 Å². The predicted octanol–water partition coefficient (Wildman–Crippen LogP) is 3.91. The van der Waals surface area contributed by atoms with E-state index in [9.17, 15) is 4.79 Å². The Morgan fingerprint density at radius 1 is 1.14 bits per heavy atom. The molecule has 0 N–H and O–H groups in total. The van der Waals surface area contributed by atoms with Crippen molar-refractivity contribution < 1.29 is 4.79 Å². The van der Waals surface area contributed by atoms with E-state index < -0.39 is 0 Å². The molecule has 3 heteroatoms. The molecule has 0 unspecified atom stereocenters. The summed E-state index contributed by atoms with van der Waals surface area (Å²) in [6.07, 6.45) is 0.904. The number of carbonyl (C=O) groups is 1. The zero-order valence-electron chi connectivity index (χ0n) is 8.03. The smallest absolute Gasteiger partial charge is 0.160 e. The Hall–Kier alpha value is -0.930. The van der Waals surface area contributed by atoms with Crippen LogP contribution in [-0.2, 0) is 0 Å². The van der Waals surface area contributed by atoms with Gasteiger partial charge in [0, 0.05) is 14.6 Å². The van der Waals surface area contributed by atoms with Gasteiger partial charge >= 0.3 is 0 Å². The summed E-state index contributed by atoms with van der Waals surface area (Å²) in [6, 6.07) is 6.07. The maximum atomic E-state index is 10.5. The molecular formula is C11H10OS2. The minimum Gasteiger partial charge on any atom is -0.297 e. The Bertz CT molecular complexity index is 446. The van der Waals surface area contributed by atoms with Gasteiger partial charge in [0.15, 0.2) is 6.29 Å². The number of rotatable bonds is 2. The van der Waals surface area contributed by atoms with Crippen molar-refractivity contribution in [2.75, 3.05) is 0 Å². The molecule has 0 aliphatic carbocycles. The van der Waals surface area contributed by atoms with Crippen LogP contribution < -0.4 is 0 Å². The van der Waals surface area contributed by atoms with Crippen LogP contribution >= 0.6 is 22.7 Å². The summed E-state index contributed by atoms with van der Waals surface area (Å²) in [5, 5.41) is 0. The second kappa shape index (κ2) is 3.67. The Morgan fingerprint density at radius 2 is 1.93 bits per heavy atom. The highest BCUT2D eigenvalue weighted by Gasteiger charge is 2.06. The van der Waals surface area contributed by atoms with E-state index in [4.69, 9.17) is 0 Å². The molecule has 0 radical (unpaired) electrons. The predicted molar refractivity (Wildman–Crippen MR) is 62.5 cm³/mol. The van der Waals surface area contributed by atoms with Crippen molar-refractivity contribution in [1.82, 2.24) is 0 Å². The first kappa shape index (κ1) is 9.62. The van der Waals surface area contributed by atoms with Gasteiger partial charge in [-0.3, -0.25) is 4.79 Å². The molecule has 0 saturated carbocycles. The van der Waals surface area contributed by atoms with Crippen molar-refractivity contribution >= 4 is 29.0 Å². The van der Waals surface area contributed by atoms with E-state index in [0.29, 0.717) is 0 Å². The highest BCUT2D eigenvalue weighted by atomic mass is 32.1. The van der Waals surface area contributed by atoms with Crippen molar-refractivity contribution in [1.29, 1.82) is 0 Å². The van der Waals surface area contributed by atoms with Gasteiger partial charge in [0.1, 0.15) is 0 Å². The van der Waals surface area contributed by atoms with E-state index in [-0.39, 0.29) is 0 Å². The molecule has 0 amide bonds. The largest absolute Gasteiger partial charge is 0.297 e. The van der Waals surface area contributed by atoms with E-state index >= 15 is 0 Å². The van der Waals surface area contributed by atoms with Crippen LogP contribution in [0, 0.1) is 13.8 Å². The van der Waals surface area contributed by atoms with Crippen molar-refractivity contribution in [2.45, 2.75) is 13.8 Å². The number of aldehydes is 1. The number of hydrogen-bond acceptors (Lipinski definition) is 3. The summed E-state index contributed by atoms with van der Waals surface area (Å²) in [4.78, 5) is 15.1. The van der Waals surface area contributed by atoms with Crippen LogP contribution in [0.3, 0.4) is 0 Å². The van der Waals surface area contributed by atoms with Crippen LogP contribution in [0.5, 0.6) is 0 Å². The molecule has 0 atom stereocenters. The molecule has 0 bridgehead atoms. The quantitative estimate of drug-likeness (QED) is 0.704. The van der Waals surface area contributed by atoms with Crippen LogP contribution in [0.25, 0.3) is 9.75 Å². The molecule has 72 valence electrons. The molecule has 0 aliphatic rings. The standard InChI is InChI=1S/C11H10OS2/c1-7-5-11(13-8(7)2)10-4-3-9(6-12)14-10/h3-6H,1-2H3. The maximum absolute atomic E-state index is 10.5. The minimum absolute atomic E-state index is 0.795. The molecule has 0 aromatic carbocycles. The Balaban J connectivity index is 2.43. The average Bonchev–Trinajstić information content (AvgIpc) is 2.74. The van der Waals surface area contributed by atoms with Gasteiger partial charge in [0.05, 0.1) is 4.88 Å². The third-order valence-electron chi connectivity index (χ3n) is 2.15. The summed E-state index contributed by atoms with van der Waals surface area (Å²) in [5.74, 6) is 0. The SMILES string of the molecule is Cc1cc(-c2ccc(C=O)s2)sc1C. The zero-order chi connectivity index (χ0) is 10.1. The molecule has 2 heterocycles. The Morgan fingerprint density at radius 3 is 2.43 bits per heavy atom. The average molecular weight is 222 g/mol. The lowest BCUT2D eigenvalue weighted by Crippen LogP contribution is -1.63. The fraction of sp³-hybridized carbons (Fsp3) is 0.182. The molecule has 0 fully saturated rings. The van der Waals surface area contributed by atoms with Crippen LogP contribution in [0.4, 0.5) is 0 Å². The van der Waals surface area contributed by atoms with Crippen molar-refractivity contribution in [3.8, 4) is 9.75 Å². The van der Waals surface area contributed by atoms with Gasteiger partial charge in [-0.2, -0.15) is 0 Å². The normalized spacial score (nSPS) is 10.4.